The highest BCUT2D eigenvalue weighted by Gasteiger charge is 2.39. The van der Waals surface area contributed by atoms with Gasteiger partial charge in [0.05, 0.1) is 12.2 Å². The van der Waals surface area contributed by atoms with Crippen LogP contribution >= 0.6 is 0 Å². The van der Waals surface area contributed by atoms with Crippen molar-refractivity contribution in [1.82, 2.24) is 0 Å². The van der Waals surface area contributed by atoms with E-state index in [2.05, 4.69) is 6.92 Å². The van der Waals surface area contributed by atoms with Gasteiger partial charge in [-0.25, -0.2) is 0 Å². The Morgan fingerprint density at radius 3 is 1.60 bits per heavy atom. The van der Waals surface area contributed by atoms with E-state index in [1.54, 1.807) is 27.7 Å². The Morgan fingerprint density at radius 1 is 0.850 bits per heavy atom. The van der Waals surface area contributed by atoms with Crippen molar-refractivity contribution in [3.05, 3.63) is 0 Å². The van der Waals surface area contributed by atoms with Crippen LogP contribution in [0.1, 0.15) is 60.3 Å². The van der Waals surface area contributed by atoms with Crippen LogP contribution in [0.3, 0.4) is 0 Å². The van der Waals surface area contributed by atoms with Crippen molar-refractivity contribution in [2.75, 3.05) is 0 Å². The zero-order valence-electron chi connectivity index (χ0n) is 13.3. The van der Waals surface area contributed by atoms with Crippen molar-refractivity contribution >= 4 is 11.9 Å². The average molecular weight is 284 g/mol. The van der Waals surface area contributed by atoms with Gasteiger partial charge in [-0.15, -0.1) is 0 Å². The van der Waals surface area contributed by atoms with Gasteiger partial charge in [0.1, 0.15) is 0 Å². The molecule has 0 spiro atoms. The Labute approximate surface area is 122 Å². The molecule has 1 rings (SSSR count). The van der Waals surface area contributed by atoms with Crippen molar-refractivity contribution in [3.63, 3.8) is 0 Å². The summed E-state index contributed by atoms with van der Waals surface area (Å²) >= 11 is 0. The van der Waals surface area contributed by atoms with Gasteiger partial charge in [0, 0.05) is 0 Å². The minimum atomic E-state index is -0.757. The molecule has 20 heavy (non-hydrogen) atoms. The number of hydrogen-bond acceptors (Lipinski definition) is 4. The first-order valence-electron chi connectivity index (χ1n) is 7.72. The lowest BCUT2D eigenvalue weighted by atomic mass is 9.76. The molecule has 4 heteroatoms. The van der Waals surface area contributed by atoms with E-state index in [1.807, 2.05) is 0 Å². The number of carbonyl (C=O) groups excluding carboxylic acids is 2. The molecule has 0 heterocycles. The van der Waals surface area contributed by atoms with E-state index in [1.165, 1.54) is 0 Å². The fraction of sp³-hybridized carbons (Fsp3) is 0.875. The largest absolute Gasteiger partial charge is 0.462 e. The summed E-state index contributed by atoms with van der Waals surface area (Å²) in [6.45, 7) is 9.40. The fourth-order valence-electron chi connectivity index (χ4n) is 2.71. The molecule has 1 aliphatic carbocycles. The predicted octanol–water partition coefficient (Wildman–Crippen LogP) is 3.33. The van der Waals surface area contributed by atoms with Gasteiger partial charge in [-0.2, -0.15) is 0 Å². The first-order valence-corrected chi connectivity index (χ1v) is 7.72. The molecule has 0 amide bonds. The SMILES string of the molecule is CC1CCC(C(C(=O)OC(C)C)C(=O)OC(C)C)CC1. The van der Waals surface area contributed by atoms with E-state index < -0.39 is 17.9 Å². The number of hydrogen-bond donors (Lipinski definition) is 0. The van der Waals surface area contributed by atoms with E-state index in [9.17, 15) is 9.59 Å². The molecule has 116 valence electrons. The Kier molecular flexibility index (Phi) is 6.50. The van der Waals surface area contributed by atoms with Crippen molar-refractivity contribution in [2.24, 2.45) is 17.8 Å². The smallest absolute Gasteiger partial charge is 0.320 e. The number of esters is 2. The normalized spacial score (nSPS) is 23.2. The van der Waals surface area contributed by atoms with Crippen LogP contribution in [0.5, 0.6) is 0 Å². The zero-order valence-corrected chi connectivity index (χ0v) is 13.3. The molecule has 0 aromatic rings. The summed E-state index contributed by atoms with van der Waals surface area (Å²) in [5.41, 5.74) is 0. The molecule has 1 fully saturated rings. The Balaban J connectivity index is 2.78. The molecule has 0 aromatic carbocycles. The lowest BCUT2D eigenvalue weighted by Crippen LogP contribution is -2.38. The first kappa shape index (κ1) is 17.0. The molecular weight excluding hydrogens is 256 g/mol. The highest BCUT2D eigenvalue weighted by atomic mass is 16.6. The molecule has 0 radical (unpaired) electrons. The van der Waals surface area contributed by atoms with Gasteiger partial charge >= 0.3 is 11.9 Å². The second kappa shape index (κ2) is 7.65. The van der Waals surface area contributed by atoms with Gasteiger partial charge in [-0.1, -0.05) is 19.8 Å². The van der Waals surface area contributed by atoms with Crippen LogP contribution in [0.25, 0.3) is 0 Å². The van der Waals surface area contributed by atoms with E-state index >= 15 is 0 Å². The van der Waals surface area contributed by atoms with E-state index in [0.29, 0.717) is 5.92 Å². The fourth-order valence-corrected chi connectivity index (χ4v) is 2.71. The summed E-state index contributed by atoms with van der Waals surface area (Å²) < 4.78 is 10.5. The third-order valence-electron chi connectivity index (χ3n) is 3.74. The Morgan fingerprint density at radius 2 is 1.25 bits per heavy atom. The summed E-state index contributed by atoms with van der Waals surface area (Å²) in [6, 6.07) is 0. The molecule has 0 aliphatic heterocycles. The van der Waals surface area contributed by atoms with Crippen molar-refractivity contribution in [1.29, 1.82) is 0 Å². The standard InChI is InChI=1S/C16H28O4/c1-10(2)19-15(17)14(16(18)20-11(3)4)13-8-6-12(5)7-9-13/h10-14H,6-9H2,1-5H3. The molecule has 0 saturated heterocycles. The third-order valence-corrected chi connectivity index (χ3v) is 3.74. The summed E-state index contributed by atoms with van der Waals surface area (Å²) in [7, 11) is 0. The van der Waals surface area contributed by atoms with Crippen molar-refractivity contribution < 1.29 is 19.1 Å². The quantitative estimate of drug-likeness (QED) is 0.574. The topological polar surface area (TPSA) is 52.6 Å². The maximum absolute atomic E-state index is 12.2. The molecule has 0 aromatic heterocycles. The lowest BCUT2D eigenvalue weighted by molar-refractivity contribution is -0.170. The second-order valence-electron chi connectivity index (χ2n) is 6.47. The molecule has 1 aliphatic rings. The second-order valence-corrected chi connectivity index (χ2v) is 6.47. The monoisotopic (exact) mass is 284 g/mol. The van der Waals surface area contributed by atoms with Crippen molar-refractivity contribution in [3.8, 4) is 0 Å². The molecule has 0 atom stereocenters. The Bertz CT molecular complexity index is 305. The van der Waals surface area contributed by atoms with E-state index in [0.717, 1.165) is 25.7 Å². The number of carbonyl (C=O) groups is 2. The Hall–Kier alpha value is -1.06. The van der Waals surface area contributed by atoms with Crippen LogP contribution in [-0.2, 0) is 19.1 Å². The predicted molar refractivity (Wildman–Crippen MR) is 77.1 cm³/mol. The third kappa shape index (κ3) is 5.14. The maximum atomic E-state index is 12.2. The van der Waals surface area contributed by atoms with Crippen LogP contribution in [0.15, 0.2) is 0 Å². The van der Waals surface area contributed by atoms with Crippen LogP contribution < -0.4 is 0 Å². The highest BCUT2D eigenvalue weighted by Crippen LogP contribution is 2.34. The van der Waals surface area contributed by atoms with Crippen LogP contribution in [-0.4, -0.2) is 24.1 Å². The minimum Gasteiger partial charge on any atom is -0.462 e. The minimum absolute atomic E-state index is 0.0590. The van der Waals surface area contributed by atoms with E-state index in [-0.39, 0.29) is 18.1 Å². The highest BCUT2D eigenvalue weighted by molar-refractivity contribution is 5.95. The molecule has 0 bridgehead atoms. The van der Waals surface area contributed by atoms with Gasteiger partial charge in [-0.05, 0) is 52.4 Å². The van der Waals surface area contributed by atoms with E-state index in [4.69, 9.17) is 9.47 Å². The molecule has 1 saturated carbocycles. The van der Waals surface area contributed by atoms with Gasteiger partial charge in [0.2, 0.25) is 0 Å². The van der Waals surface area contributed by atoms with Crippen molar-refractivity contribution in [2.45, 2.75) is 72.5 Å². The summed E-state index contributed by atoms with van der Waals surface area (Å²) in [4.78, 5) is 24.5. The van der Waals surface area contributed by atoms with Gasteiger partial charge in [0.15, 0.2) is 5.92 Å². The maximum Gasteiger partial charge on any atom is 0.320 e. The lowest BCUT2D eigenvalue weighted by Gasteiger charge is -2.31. The summed E-state index contributed by atoms with van der Waals surface area (Å²) in [5, 5.41) is 0. The molecule has 0 N–H and O–H groups in total. The zero-order chi connectivity index (χ0) is 15.3. The number of rotatable bonds is 5. The van der Waals surface area contributed by atoms with Gasteiger partial charge in [0.25, 0.3) is 0 Å². The van der Waals surface area contributed by atoms with Crippen LogP contribution in [0.2, 0.25) is 0 Å². The van der Waals surface area contributed by atoms with Gasteiger partial charge in [-0.3, -0.25) is 9.59 Å². The van der Waals surface area contributed by atoms with Crippen LogP contribution in [0, 0.1) is 17.8 Å². The average Bonchev–Trinajstić information content (AvgIpc) is 2.30. The molecular formula is C16H28O4. The summed E-state index contributed by atoms with van der Waals surface area (Å²) in [5.74, 6) is -0.874. The van der Waals surface area contributed by atoms with Gasteiger partial charge < -0.3 is 9.47 Å². The number of ether oxygens (including phenoxy) is 2. The molecule has 0 unspecified atom stereocenters. The summed E-state index contributed by atoms with van der Waals surface area (Å²) in [6.07, 6.45) is 3.49. The first-order chi connectivity index (χ1) is 9.31. The van der Waals surface area contributed by atoms with Crippen LogP contribution in [0.4, 0.5) is 0 Å². The molecule has 4 nitrogen and oxygen atoms in total.